The van der Waals surface area contributed by atoms with Gasteiger partial charge in [0, 0.05) is 23.1 Å². The molecule has 0 spiro atoms. The van der Waals surface area contributed by atoms with Crippen LogP contribution >= 0.6 is 0 Å². The average molecular weight is 375 g/mol. The number of carbonyl (C=O) groups excluding carboxylic acids is 2. The number of hydrogen-bond donors (Lipinski definition) is 2. The molecule has 1 aromatic heterocycles. The summed E-state index contributed by atoms with van der Waals surface area (Å²) in [6.07, 6.45) is 1.56. The summed E-state index contributed by atoms with van der Waals surface area (Å²) in [6.45, 7) is 3.91. The molecular formula is C22H21N3O3. The summed E-state index contributed by atoms with van der Waals surface area (Å²) in [4.78, 5) is 28.6. The molecule has 0 radical (unpaired) electrons. The van der Waals surface area contributed by atoms with Gasteiger partial charge in [-0.05, 0) is 55.3 Å². The second-order valence-electron chi connectivity index (χ2n) is 6.35. The number of aromatic nitrogens is 1. The van der Waals surface area contributed by atoms with Crippen LogP contribution in [-0.4, -0.2) is 24.0 Å². The summed E-state index contributed by atoms with van der Waals surface area (Å²) in [6, 6.07) is 16.1. The maximum atomic E-state index is 12.7. The first-order valence-electron chi connectivity index (χ1n) is 8.77. The van der Waals surface area contributed by atoms with E-state index in [1.165, 1.54) is 7.11 Å². The lowest BCUT2D eigenvalue weighted by atomic mass is 10.1. The maximum absolute atomic E-state index is 12.7. The SMILES string of the molecule is COC(=O)c1cccc(Nc2cc(C(=O)Nc3c(C)cccc3C)ccn2)c1. The van der Waals surface area contributed by atoms with Gasteiger partial charge in [0.05, 0.1) is 12.7 Å². The fourth-order valence-corrected chi connectivity index (χ4v) is 2.83. The number of methoxy groups -OCH3 is 1. The third-order valence-corrected chi connectivity index (χ3v) is 4.30. The summed E-state index contributed by atoms with van der Waals surface area (Å²) < 4.78 is 4.73. The Bertz CT molecular complexity index is 1010. The van der Waals surface area contributed by atoms with E-state index in [1.54, 1.807) is 42.6 Å². The lowest BCUT2D eigenvalue weighted by Gasteiger charge is -2.12. The number of benzene rings is 2. The van der Waals surface area contributed by atoms with Gasteiger partial charge in [-0.1, -0.05) is 24.3 Å². The van der Waals surface area contributed by atoms with Gasteiger partial charge in [0.25, 0.3) is 5.91 Å². The summed E-state index contributed by atoms with van der Waals surface area (Å²) >= 11 is 0. The molecule has 0 unspecified atom stereocenters. The van der Waals surface area contributed by atoms with Crippen LogP contribution in [0.5, 0.6) is 0 Å². The Hall–Kier alpha value is -3.67. The molecule has 0 aliphatic heterocycles. The first-order valence-corrected chi connectivity index (χ1v) is 8.77. The van der Waals surface area contributed by atoms with Gasteiger partial charge in [0.1, 0.15) is 5.82 Å². The fourth-order valence-electron chi connectivity index (χ4n) is 2.83. The number of esters is 1. The summed E-state index contributed by atoms with van der Waals surface area (Å²) in [7, 11) is 1.34. The highest BCUT2D eigenvalue weighted by Gasteiger charge is 2.11. The molecule has 28 heavy (non-hydrogen) atoms. The number of nitrogens with one attached hydrogen (secondary N) is 2. The first kappa shape index (κ1) is 19.1. The van der Waals surface area contributed by atoms with Crippen LogP contribution in [0.15, 0.2) is 60.8 Å². The Morgan fingerprint density at radius 1 is 0.929 bits per heavy atom. The van der Waals surface area contributed by atoms with Crippen molar-refractivity contribution in [3.05, 3.63) is 83.0 Å². The quantitative estimate of drug-likeness (QED) is 0.643. The highest BCUT2D eigenvalue weighted by atomic mass is 16.5. The van der Waals surface area contributed by atoms with E-state index in [2.05, 4.69) is 15.6 Å². The fraction of sp³-hybridized carbons (Fsp3) is 0.136. The minimum atomic E-state index is -0.418. The van der Waals surface area contributed by atoms with Crippen LogP contribution in [0.2, 0.25) is 0 Å². The molecule has 0 atom stereocenters. The van der Waals surface area contributed by atoms with Gasteiger partial charge >= 0.3 is 5.97 Å². The van der Waals surface area contributed by atoms with Crippen molar-refractivity contribution in [2.45, 2.75) is 13.8 Å². The second-order valence-corrected chi connectivity index (χ2v) is 6.35. The first-order chi connectivity index (χ1) is 13.5. The molecule has 3 aromatic rings. The molecule has 0 fully saturated rings. The Kier molecular flexibility index (Phi) is 5.69. The van der Waals surface area contributed by atoms with Crippen molar-refractivity contribution < 1.29 is 14.3 Å². The molecule has 0 saturated heterocycles. The molecule has 6 heteroatoms. The molecular weight excluding hydrogens is 354 g/mol. The highest BCUT2D eigenvalue weighted by molar-refractivity contribution is 6.05. The average Bonchev–Trinajstić information content (AvgIpc) is 2.70. The van der Waals surface area contributed by atoms with E-state index in [9.17, 15) is 9.59 Å². The molecule has 0 aliphatic rings. The molecule has 1 heterocycles. The topological polar surface area (TPSA) is 80.3 Å². The Morgan fingerprint density at radius 2 is 1.64 bits per heavy atom. The van der Waals surface area contributed by atoms with E-state index in [0.29, 0.717) is 22.6 Å². The highest BCUT2D eigenvalue weighted by Crippen LogP contribution is 2.21. The molecule has 3 rings (SSSR count). The molecule has 0 aliphatic carbocycles. The number of amides is 1. The Labute approximate surface area is 163 Å². The number of aryl methyl sites for hydroxylation is 2. The van der Waals surface area contributed by atoms with Crippen molar-refractivity contribution in [3.8, 4) is 0 Å². The number of hydrogen-bond acceptors (Lipinski definition) is 5. The smallest absolute Gasteiger partial charge is 0.337 e. The zero-order chi connectivity index (χ0) is 20.1. The second kappa shape index (κ2) is 8.35. The van der Waals surface area contributed by atoms with E-state index in [-0.39, 0.29) is 5.91 Å². The predicted molar refractivity (Wildman–Crippen MR) is 109 cm³/mol. The van der Waals surface area contributed by atoms with Crippen LogP contribution < -0.4 is 10.6 Å². The van der Waals surface area contributed by atoms with Gasteiger partial charge in [-0.3, -0.25) is 4.79 Å². The van der Waals surface area contributed by atoms with Crippen LogP contribution in [0.3, 0.4) is 0 Å². The van der Waals surface area contributed by atoms with Gasteiger partial charge in [-0.15, -0.1) is 0 Å². The maximum Gasteiger partial charge on any atom is 0.337 e. The van der Waals surface area contributed by atoms with Gasteiger partial charge < -0.3 is 15.4 Å². The standard InChI is InChI=1S/C22H21N3O3/c1-14-6-4-7-15(2)20(14)25-21(26)16-10-11-23-19(13-16)24-18-9-5-8-17(12-18)22(27)28-3/h4-13H,1-3H3,(H,23,24)(H,25,26). The number of nitrogens with zero attached hydrogens (tertiary/aromatic N) is 1. The van der Waals surface area contributed by atoms with Crippen molar-refractivity contribution >= 4 is 29.1 Å². The number of ether oxygens (including phenoxy) is 1. The normalized spacial score (nSPS) is 10.2. The number of pyridine rings is 1. The largest absolute Gasteiger partial charge is 0.465 e. The Balaban J connectivity index is 1.79. The summed E-state index contributed by atoms with van der Waals surface area (Å²) in [5.41, 5.74) is 4.38. The summed E-state index contributed by atoms with van der Waals surface area (Å²) in [5.74, 6) is -0.138. The predicted octanol–water partition coefficient (Wildman–Crippen LogP) is 4.48. The zero-order valence-electron chi connectivity index (χ0n) is 15.9. The van der Waals surface area contributed by atoms with Crippen LogP contribution in [-0.2, 0) is 4.74 Å². The number of rotatable bonds is 5. The van der Waals surface area contributed by atoms with Crippen LogP contribution in [0.4, 0.5) is 17.2 Å². The van der Waals surface area contributed by atoms with Crippen LogP contribution in [0.25, 0.3) is 0 Å². The van der Waals surface area contributed by atoms with E-state index in [4.69, 9.17) is 4.74 Å². The number of anilines is 3. The van der Waals surface area contributed by atoms with E-state index >= 15 is 0 Å². The van der Waals surface area contributed by atoms with Crippen LogP contribution in [0, 0.1) is 13.8 Å². The van der Waals surface area contributed by atoms with Gasteiger partial charge in [-0.2, -0.15) is 0 Å². The van der Waals surface area contributed by atoms with Crippen LogP contribution in [0.1, 0.15) is 31.8 Å². The molecule has 0 saturated carbocycles. The van der Waals surface area contributed by atoms with Gasteiger partial charge in [0.15, 0.2) is 0 Å². The Morgan fingerprint density at radius 3 is 2.36 bits per heavy atom. The minimum absolute atomic E-state index is 0.217. The van der Waals surface area contributed by atoms with E-state index in [1.807, 2.05) is 32.0 Å². The monoisotopic (exact) mass is 375 g/mol. The molecule has 142 valence electrons. The van der Waals surface area contributed by atoms with Gasteiger partial charge in [0.2, 0.25) is 0 Å². The van der Waals surface area contributed by atoms with Gasteiger partial charge in [-0.25, -0.2) is 9.78 Å². The lowest BCUT2D eigenvalue weighted by molar-refractivity contribution is 0.0600. The third-order valence-electron chi connectivity index (χ3n) is 4.30. The molecule has 2 aromatic carbocycles. The molecule has 6 nitrogen and oxygen atoms in total. The van der Waals surface area contributed by atoms with Crippen molar-refractivity contribution in [2.24, 2.45) is 0 Å². The molecule has 2 N–H and O–H groups in total. The number of para-hydroxylation sites is 1. The van der Waals surface area contributed by atoms with Crippen molar-refractivity contribution in [3.63, 3.8) is 0 Å². The van der Waals surface area contributed by atoms with Crippen molar-refractivity contribution in [1.82, 2.24) is 4.98 Å². The number of carbonyl (C=O) groups is 2. The lowest BCUT2D eigenvalue weighted by Crippen LogP contribution is -2.14. The van der Waals surface area contributed by atoms with E-state index in [0.717, 1.165) is 16.8 Å². The molecule has 1 amide bonds. The summed E-state index contributed by atoms with van der Waals surface area (Å²) in [5, 5.41) is 6.07. The van der Waals surface area contributed by atoms with Crippen molar-refractivity contribution in [1.29, 1.82) is 0 Å². The zero-order valence-corrected chi connectivity index (χ0v) is 15.9. The molecule has 0 bridgehead atoms. The third kappa shape index (κ3) is 4.35. The van der Waals surface area contributed by atoms with E-state index < -0.39 is 5.97 Å². The van der Waals surface area contributed by atoms with Crippen molar-refractivity contribution in [2.75, 3.05) is 17.7 Å². The minimum Gasteiger partial charge on any atom is -0.465 e.